The highest BCUT2D eigenvalue weighted by Crippen LogP contribution is 2.31. The van der Waals surface area contributed by atoms with Gasteiger partial charge in [0.15, 0.2) is 0 Å². The van der Waals surface area contributed by atoms with E-state index in [1.165, 1.54) is 16.7 Å². The molecule has 0 aromatic heterocycles. The molecule has 0 saturated heterocycles. The molecule has 0 spiro atoms. The van der Waals surface area contributed by atoms with E-state index in [4.69, 9.17) is 9.47 Å². The predicted molar refractivity (Wildman–Crippen MR) is 128 cm³/mol. The van der Waals surface area contributed by atoms with Gasteiger partial charge in [-0.25, -0.2) is 4.79 Å². The first kappa shape index (κ1) is 24.2. The van der Waals surface area contributed by atoms with Crippen molar-refractivity contribution in [2.75, 3.05) is 13.2 Å². The van der Waals surface area contributed by atoms with Gasteiger partial charge in [-0.1, -0.05) is 82.1 Å². The van der Waals surface area contributed by atoms with Crippen molar-refractivity contribution in [2.45, 2.75) is 46.0 Å². The second kappa shape index (κ2) is 10.8. The Morgan fingerprint density at radius 3 is 1.55 bits per heavy atom. The number of carbonyl (C=O) groups is 1. The largest absolute Gasteiger partial charge is 0.494 e. The Bertz CT molecular complexity index is 854. The van der Waals surface area contributed by atoms with Gasteiger partial charge in [-0.2, -0.15) is 0 Å². The summed E-state index contributed by atoms with van der Waals surface area (Å²) in [6, 6.07) is 17.2. The number of hydrogen-bond acceptors (Lipinski definition) is 3. The summed E-state index contributed by atoms with van der Waals surface area (Å²) in [6.07, 6.45) is 1.52. The molecule has 0 unspecified atom stereocenters. The van der Waals surface area contributed by atoms with Crippen LogP contribution in [0.4, 0.5) is 0 Å². The molecule has 0 aliphatic heterocycles. The summed E-state index contributed by atoms with van der Waals surface area (Å²) in [6.45, 7) is 20.2. The first-order valence-corrected chi connectivity index (χ1v) is 10.6. The van der Waals surface area contributed by atoms with Crippen molar-refractivity contribution in [3.05, 3.63) is 107 Å². The second-order valence-electron chi connectivity index (χ2n) is 8.49. The fraction of sp³-hybridized carbons (Fsp3) is 0.321. The number of benzene rings is 2. The molecule has 2 rings (SSSR count). The van der Waals surface area contributed by atoms with Crippen molar-refractivity contribution >= 4 is 5.97 Å². The van der Waals surface area contributed by atoms with Gasteiger partial charge in [-0.15, -0.1) is 0 Å². The molecule has 2 aromatic carbocycles. The van der Waals surface area contributed by atoms with Crippen LogP contribution < -0.4 is 0 Å². The van der Waals surface area contributed by atoms with Crippen molar-refractivity contribution in [2.24, 2.45) is 0 Å². The molecular formula is C28H34O3. The average Bonchev–Trinajstić information content (AvgIpc) is 2.74. The maximum Gasteiger partial charge on any atom is 0.333 e. The fourth-order valence-electron chi connectivity index (χ4n) is 3.14. The molecule has 0 N–H and O–H groups in total. The zero-order valence-electron chi connectivity index (χ0n) is 19.3. The van der Waals surface area contributed by atoms with E-state index in [1.807, 2.05) is 6.92 Å². The minimum Gasteiger partial charge on any atom is -0.494 e. The van der Waals surface area contributed by atoms with Crippen LogP contribution in [0.1, 0.15) is 49.9 Å². The molecule has 0 fully saturated rings. The number of allylic oxidation sites excluding steroid dienone is 1. The molecule has 0 bridgehead atoms. The van der Waals surface area contributed by atoms with E-state index in [-0.39, 0.29) is 11.4 Å². The van der Waals surface area contributed by atoms with E-state index in [2.05, 4.69) is 82.1 Å². The summed E-state index contributed by atoms with van der Waals surface area (Å²) in [7, 11) is 0. The SMILES string of the molecule is C=C(C)C(=C)OCCc1ccc(C(C)(C)c2ccc(CCOC(=O)C(=C)C)cc2)cc1. The van der Waals surface area contributed by atoms with Gasteiger partial charge in [0.25, 0.3) is 0 Å². The van der Waals surface area contributed by atoms with Crippen molar-refractivity contribution in [3.8, 4) is 0 Å². The summed E-state index contributed by atoms with van der Waals surface area (Å²) in [5.41, 5.74) is 6.03. The lowest BCUT2D eigenvalue weighted by atomic mass is 9.77. The average molecular weight is 419 g/mol. The topological polar surface area (TPSA) is 35.5 Å². The Labute approximate surface area is 187 Å². The number of carbonyl (C=O) groups excluding carboxylic acids is 1. The van der Waals surface area contributed by atoms with Gasteiger partial charge in [0.05, 0.1) is 13.2 Å². The summed E-state index contributed by atoms with van der Waals surface area (Å²) in [5, 5.41) is 0. The van der Waals surface area contributed by atoms with Crippen molar-refractivity contribution in [3.63, 3.8) is 0 Å². The highest BCUT2D eigenvalue weighted by Gasteiger charge is 2.22. The minimum atomic E-state index is -0.339. The molecule has 0 aliphatic rings. The molecule has 0 saturated carbocycles. The Morgan fingerprint density at radius 1 is 0.742 bits per heavy atom. The third-order valence-electron chi connectivity index (χ3n) is 5.47. The van der Waals surface area contributed by atoms with Gasteiger partial charge < -0.3 is 9.47 Å². The van der Waals surface area contributed by atoms with Crippen LogP contribution in [0.2, 0.25) is 0 Å². The van der Waals surface area contributed by atoms with E-state index in [9.17, 15) is 4.79 Å². The normalized spacial score (nSPS) is 11.0. The van der Waals surface area contributed by atoms with Crippen LogP contribution in [0.25, 0.3) is 0 Å². The van der Waals surface area contributed by atoms with Gasteiger partial charge in [0.1, 0.15) is 5.76 Å². The maximum absolute atomic E-state index is 11.5. The summed E-state index contributed by atoms with van der Waals surface area (Å²) < 4.78 is 10.8. The molecule has 164 valence electrons. The summed E-state index contributed by atoms with van der Waals surface area (Å²) >= 11 is 0. The Morgan fingerprint density at radius 2 is 1.16 bits per heavy atom. The lowest BCUT2D eigenvalue weighted by Gasteiger charge is -2.26. The predicted octanol–water partition coefficient (Wildman–Crippen LogP) is 6.32. The Kier molecular flexibility index (Phi) is 8.44. The van der Waals surface area contributed by atoms with E-state index >= 15 is 0 Å². The van der Waals surface area contributed by atoms with Crippen LogP contribution in [0, 0.1) is 0 Å². The Balaban J connectivity index is 1.96. The van der Waals surface area contributed by atoms with Crippen LogP contribution in [0.5, 0.6) is 0 Å². The van der Waals surface area contributed by atoms with Crippen molar-refractivity contribution in [1.82, 2.24) is 0 Å². The molecule has 0 atom stereocenters. The van der Waals surface area contributed by atoms with Crippen LogP contribution in [0.3, 0.4) is 0 Å². The van der Waals surface area contributed by atoms with Crippen LogP contribution in [-0.2, 0) is 32.5 Å². The van der Waals surface area contributed by atoms with Crippen molar-refractivity contribution in [1.29, 1.82) is 0 Å². The smallest absolute Gasteiger partial charge is 0.333 e. The molecule has 3 nitrogen and oxygen atoms in total. The van der Waals surface area contributed by atoms with Crippen LogP contribution >= 0.6 is 0 Å². The summed E-state index contributed by atoms with van der Waals surface area (Å²) in [5.74, 6) is 0.309. The van der Waals surface area contributed by atoms with Crippen LogP contribution in [-0.4, -0.2) is 19.2 Å². The molecule has 31 heavy (non-hydrogen) atoms. The molecule has 2 aromatic rings. The first-order valence-electron chi connectivity index (χ1n) is 10.6. The van der Waals surface area contributed by atoms with E-state index in [0.717, 1.165) is 17.6 Å². The molecule has 3 heteroatoms. The van der Waals surface area contributed by atoms with E-state index < -0.39 is 0 Å². The molecule has 0 amide bonds. The fourth-order valence-corrected chi connectivity index (χ4v) is 3.14. The van der Waals surface area contributed by atoms with E-state index in [0.29, 0.717) is 31.0 Å². The molecule has 0 heterocycles. The lowest BCUT2D eigenvalue weighted by molar-refractivity contribution is -0.138. The number of hydrogen-bond donors (Lipinski definition) is 0. The summed E-state index contributed by atoms with van der Waals surface area (Å²) in [4.78, 5) is 11.5. The number of ether oxygens (including phenoxy) is 2. The lowest BCUT2D eigenvalue weighted by Crippen LogP contribution is -2.19. The Hall–Kier alpha value is -3.07. The molecule has 0 aliphatic carbocycles. The number of esters is 1. The third kappa shape index (κ3) is 6.99. The monoisotopic (exact) mass is 418 g/mol. The zero-order valence-corrected chi connectivity index (χ0v) is 19.3. The van der Waals surface area contributed by atoms with Gasteiger partial charge in [0.2, 0.25) is 0 Å². The minimum absolute atomic E-state index is 0.117. The van der Waals surface area contributed by atoms with E-state index in [1.54, 1.807) is 6.92 Å². The molecule has 0 radical (unpaired) electrons. The highest BCUT2D eigenvalue weighted by atomic mass is 16.5. The standard InChI is InChI=1S/C28H34O3/c1-20(2)22(5)30-18-16-23-8-12-25(13-9-23)28(6,7)26-14-10-24(11-15-26)17-19-31-27(29)21(3)4/h8-15H,1,3,5,16-19H2,2,4,6-7H3. The van der Waals surface area contributed by atoms with Gasteiger partial charge >= 0.3 is 5.97 Å². The second-order valence-corrected chi connectivity index (χ2v) is 8.49. The highest BCUT2D eigenvalue weighted by molar-refractivity contribution is 5.86. The third-order valence-corrected chi connectivity index (χ3v) is 5.47. The molecular weight excluding hydrogens is 384 g/mol. The van der Waals surface area contributed by atoms with Gasteiger partial charge in [-0.3, -0.25) is 0 Å². The van der Waals surface area contributed by atoms with Gasteiger partial charge in [-0.05, 0) is 41.7 Å². The first-order chi connectivity index (χ1) is 14.6. The number of rotatable bonds is 11. The maximum atomic E-state index is 11.5. The zero-order chi connectivity index (χ0) is 23.0. The van der Waals surface area contributed by atoms with Gasteiger partial charge in [0, 0.05) is 23.8 Å². The quantitative estimate of drug-likeness (QED) is 0.185. The van der Waals surface area contributed by atoms with Crippen molar-refractivity contribution < 1.29 is 14.3 Å². The van der Waals surface area contributed by atoms with Crippen LogP contribution in [0.15, 0.2) is 85.2 Å².